The molecule has 1 amide bonds. The summed E-state index contributed by atoms with van der Waals surface area (Å²) in [7, 11) is 0. The van der Waals surface area contributed by atoms with E-state index in [2.05, 4.69) is 28.8 Å². The molecule has 0 saturated carbocycles. The van der Waals surface area contributed by atoms with Crippen LogP contribution >= 0.6 is 0 Å². The van der Waals surface area contributed by atoms with Crippen molar-refractivity contribution >= 4 is 22.8 Å². The second-order valence-electron chi connectivity index (χ2n) is 9.22. The largest absolute Gasteiger partial charge is 0.478 e. The summed E-state index contributed by atoms with van der Waals surface area (Å²) in [6, 6.07) is 23.4. The smallest absolute Gasteiger partial charge is 0.337 e. The van der Waals surface area contributed by atoms with Crippen molar-refractivity contribution in [3.8, 4) is 0 Å². The lowest BCUT2D eigenvalue weighted by Gasteiger charge is -2.25. The molecule has 3 N–H and O–H groups in total. The number of nitrogens with two attached hydrogens (primary N) is 1. The second-order valence-corrected chi connectivity index (χ2v) is 9.22. The van der Waals surface area contributed by atoms with Gasteiger partial charge in [0.05, 0.1) is 11.1 Å². The van der Waals surface area contributed by atoms with Gasteiger partial charge in [0, 0.05) is 23.2 Å². The minimum atomic E-state index is -0.923. The first-order valence-electron chi connectivity index (χ1n) is 11.8. The summed E-state index contributed by atoms with van der Waals surface area (Å²) >= 11 is 0. The van der Waals surface area contributed by atoms with E-state index in [9.17, 15) is 14.7 Å². The van der Waals surface area contributed by atoms with E-state index in [1.807, 2.05) is 30.3 Å². The van der Waals surface area contributed by atoms with Gasteiger partial charge < -0.3 is 15.4 Å². The first kappa shape index (κ1) is 22.0. The molecule has 1 heterocycles. The molecule has 3 aromatic carbocycles. The van der Waals surface area contributed by atoms with Crippen molar-refractivity contribution in [1.82, 2.24) is 4.57 Å². The van der Waals surface area contributed by atoms with Gasteiger partial charge in [-0.1, -0.05) is 54.6 Å². The summed E-state index contributed by atoms with van der Waals surface area (Å²) in [4.78, 5) is 23.8. The van der Waals surface area contributed by atoms with E-state index >= 15 is 0 Å². The Labute approximate surface area is 198 Å². The second kappa shape index (κ2) is 9.18. The van der Waals surface area contributed by atoms with Crippen molar-refractivity contribution in [2.24, 2.45) is 11.7 Å². The molecule has 0 saturated heterocycles. The molecular weight excluding hydrogens is 424 g/mol. The Morgan fingerprint density at radius 2 is 1.74 bits per heavy atom. The van der Waals surface area contributed by atoms with Crippen LogP contribution in [-0.2, 0) is 25.8 Å². The summed E-state index contributed by atoms with van der Waals surface area (Å²) in [6.07, 6.45) is 5.12. The number of carbonyl (C=O) groups excluding carboxylic acids is 1. The third-order valence-corrected chi connectivity index (χ3v) is 7.06. The average molecular weight is 453 g/mol. The van der Waals surface area contributed by atoms with Gasteiger partial charge in [-0.05, 0) is 72.9 Å². The third kappa shape index (κ3) is 4.21. The number of carboxylic acids is 1. The van der Waals surface area contributed by atoms with Crippen LogP contribution in [0.25, 0.3) is 10.9 Å². The van der Waals surface area contributed by atoms with Crippen LogP contribution in [0.4, 0.5) is 0 Å². The van der Waals surface area contributed by atoms with E-state index in [0.717, 1.165) is 48.6 Å². The van der Waals surface area contributed by atoms with Gasteiger partial charge in [0.25, 0.3) is 0 Å². The molecule has 5 rings (SSSR count). The maximum atomic E-state index is 12.1. The Balaban J connectivity index is 1.54. The van der Waals surface area contributed by atoms with Crippen LogP contribution in [-0.4, -0.2) is 21.6 Å². The molecule has 4 aromatic rings. The van der Waals surface area contributed by atoms with Gasteiger partial charge >= 0.3 is 5.97 Å². The van der Waals surface area contributed by atoms with Crippen molar-refractivity contribution in [3.63, 3.8) is 0 Å². The van der Waals surface area contributed by atoms with Gasteiger partial charge in [-0.2, -0.15) is 0 Å². The number of aromatic nitrogens is 1. The fourth-order valence-corrected chi connectivity index (χ4v) is 5.38. The number of aromatic carboxylic acids is 1. The number of para-hydroxylation sites is 1. The van der Waals surface area contributed by atoms with Gasteiger partial charge in [0.1, 0.15) is 0 Å². The summed E-state index contributed by atoms with van der Waals surface area (Å²) in [5, 5.41) is 11.0. The first-order valence-corrected chi connectivity index (χ1v) is 11.8. The lowest BCUT2D eigenvalue weighted by atomic mass is 9.83. The van der Waals surface area contributed by atoms with Crippen LogP contribution in [0.15, 0.2) is 72.8 Å². The van der Waals surface area contributed by atoms with Gasteiger partial charge in [0.15, 0.2) is 0 Å². The monoisotopic (exact) mass is 452 g/mol. The number of hydrogen-bond acceptors (Lipinski definition) is 2. The van der Waals surface area contributed by atoms with Crippen LogP contribution in [0, 0.1) is 5.92 Å². The summed E-state index contributed by atoms with van der Waals surface area (Å²) < 4.78 is 2.17. The predicted molar refractivity (Wildman–Crippen MR) is 133 cm³/mol. The average Bonchev–Trinajstić information content (AvgIpc) is 3.16. The standard InChI is InChI=1S/C29H28N2O3/c30-28(32)22-9-4-8-21(16-22)18-31-26-17-20(13-12-19-6-2-1-3-7-19)14-15-23(26)24-10-5-11-25(27(24)31)29(33)34/h1-11,16,20H,12-15,17-18H2,(H2,30,32)(H,33,34). The quantitative estimate of drug-likeness (QED) is 0.403. The van der Waals surface area contributed by atoms with Gasteiger partial charge in [0.2, 0.25) is 5.91 Å². The maximum absolute atomic E-state index is 12.1. The number of carbonyl (C=O) groups is 2. The highest BCUT2D eigenvalue weighted by atomic mass is 16.4. The number of rotatable bonds is 7. The zero-order chi connectivity index (χ0) is 23.7. The molecule has 1 atom stereocenters. The molecule has 1 aliphatic carbocycles. The molecule has 0 fully saturated rings. The number of amides is 1. The van der Waals surface area contributed by atoms with Crippen LogP contribution in [0.2, 0.25) is 0 Å². The molecular formula is C29H28N2O3. The Hall–Kier alpha value is -3.86. The van der Waals surface area contributed by atoms with Crippen molar-refractivity contribution in [2.75, 3.05) is 0 Å². The van der Waals surface area contributed by atoms with E-state index in [0.29, 0.717) is 23.6 Å². The van der Waals surface area contributed by atoms with E-state index in [1.54, 1.807) is 18.2 Å². The molecule has 5 nitrogen and oxygen atoms in total. The van der Waals surface area contributed by atoms with Crippen molar-refractivity contribution < 1.29 is 14.7 Å². The van der Waals surface area contributed by atoms with Crippen molar-refractivity contribution in [2.45, 2.75) is 38.6 Å². The highest BCUT2D eigenvalue weighted by Gasteiger charge is 2.27. The molecule has 5 heteroatoms. The maximum Gasteiger partial charge on any atom is 0.337 e. The molecule has 0 aliphatic heterocycles. The Bertz CT molecular complexity index is 1370. The summed E-state index contributed by atoms with van der Waals surface area (Å²) in [5.41, 5.74) is 11.8. The molecule has 172 valence electrons. The van der Waals surface area contributed by atoms with Crippen molar-refractivity contribution in [1.29, 1.82) is 0 Å². The highest BCUT2D eigenvalue weighted by molar-refractivity contribution is 6.04. The van der Waals surface area contributed by atoms with Crippen LogP contribution in [0.3, 0.4) is 0 Å². The number of primary amides is 1. The van der Waals surface area contributed by atoms with E-state index in [-0.39, 0.29) is 0 Å². The Kier molecular flexibility index (Phi) is 5.93. The number of hydrogen-bond donors (Lipinski definition) is 2. The molecule has 0 bridgehead atoms. The first-order chi connectivity index (χ1) is 16.5. The van der Waals surface area contributed by atoms with Crippen LogP contribution in [0.1, 0.15) is 55.9 Å². The topological polar surface area (TPSA) is 85.3 Å². The van der Waals surface area contributed by atoms with Gasteiger partial charge in [-0.3, -0.25) is 4.79 Å². The number of benzene rings is 3. The fourth-order valence-electron chi connectivity index (χ4n) is 5.38. The molecule has 0 radical (unpaired) electrons. The van der Waals surface area contributed by atoms with Gasteiger partial charge in [-0.25, -0.2) is 4.79 Å². The van der Waals surface area contributed by atoms with Crippen LogP contribution < -0.4 is 5.73 Å². The molecule has 0 spiro atoms. The molecule has 1 unspecified atom stereocenters. The lowest BCUT2D eigenvalue weighted by molar-refractivity contribution is 0.0698. The minimum Gasteiger partial charge on any atom is -0.478 e. The Morgan fingerprint density at radius 3 is 2.50 bits per heavy atom. The number of fused-ring (bicyclic) bond motifs is 3. The Morgan fingerprint density at radius 1 is 0.971 bits per heavy atom. The SMILES string of the molecule is NC(=O)c1cccc(Cn2c3c(c4cccc(C(=O)O)c42)CCC(CCc2ccccc2)C3)c1. The van der Waals surface area contributed by atoms with E-state index in [4.69, 9.17) is 5.73 Å². The number of carboxylic acid groups (broad SMARTS) is 1. The van der Waals surface area contributed by atoms with Crippen LogP contribution in [0.5, 0.6) is 0 Å². The highest BCUT2D eigenvalue weighted by Crippen LogP contribution is 2.37. The molecule has 1 aliphatic rings. The minimum absolute atomic E-state index is 0.318. The van der Waals surface area contributed by atoms with E-state index in [1.165, 1.54) is 16.8 Å². The zero-order valence-corrected chi connectivity index (χ0v) is 19.0. The lowest BCUT2D eigenvalue weighted by Crippen LogP contribution is -2.18. The fraction of sp³-hybridized carbons (Fsp3) is 0.241. The molecule has 34 heavy (non-hydrogen) atoms. The predicted octanol–water partition coefficient (Wildman–Crippen LogP) is 5.22. The normalized spacial score (nSPS) is 15.2. The zero-order valence-electron chi connectivity index (χ0n) is 19.0. The van der Waals surface area contributed by atoms with Crippen molar-refractivity contribution in [3.05, 3.63) is 106 Å². The summed E-state index contributed by atoms with van der Waals surface area (Å²) in [6.45, 7) is 0.503. The molecule has 1 aromatic heterocycles. The van der Waals surface area contributed by atoms with E-state index < -0.39 is 11.9 Å². The third-order valence-electron chi connectivity index (χ3n) is 7.06. The number of aryl methyl sites for hydroxylation is 2. The summed E-state index contributed by atoms with van der Waals surface area (Å²) in [5.74, 6) is -0.845. The number of nitrogens with zero attached hydrogens (tertiary/aromatic N) is 1. The van der Waals surface area contributed by atoms with Gasteiger partial charge in [-0.15, -0.1) is 0 Å².